The van der Waals surface area contributed by atoms with Crippen LogP contribution in [0.2, 0.25) is 0 Å². The highest BCUT2D eigenvalue weighted by Crippen LogP contribution is 2.21. The van der Waals surface area contributed by atoms with E-state index in [-0.39, 0.29) is 6.04 Å². The number of nitrogens with one attached hydrogen (secondary N) is 1. The normalized spacial score (nSPS) is 12.2. The molecule has 1 unspecified atom stereocenters. The van der Waals surface area contributed by atoms with Gasteiger partial charge in [0.2, 0.25) is 6.41 Å². The molecule has 0 aliphatic heterocycles. The summed E-state index contributed by atoms with van der Waals surface area (Å²) in [7, 11) is 1.66. The number of amides is 1. The first-order chi connectivity index (χ1) is 8.63. The third-order valence-corrected chi connectivity index (χ3v) is 2.74. The van der Waals surface area contributed by atoms with Crippen LogP contribution in [-0.2, 0) is 11.8 Å². The summed E-state index contributed by atoms with van der Waals surface area (Å²) in [5.41, 5.74) is 1.71. The topological polar surface area (TPSA) is 59.8 Å². The number of hydrogen-bond acceptors (Lipinski definition) is 3. The van der Waals surface area contributed by atoms with Crippen LogP contribution < -0.4 is 5.32 Å². The van der Waals surface area contributed by atoms with Crippen LogP contribution in [0.4, 0.5) is 4.39 Å². The van der Waals surface area contributed by atoms with Crippen molar-refractivity contribution in [1.29, 1.82) is 0 Å². The number of carbonyl (C=O) groups excluding carboxylic acids is 1. The van der Waals surface area contributed by atoms with Crippen LogP contribution in [0.15, 0.2) is 24.5 Å². The minimum absolute atomic E-state index is 0.125. The first kappa shape index (κ1) is 12.2. The molecule has 6 heteroatoms. The molecule has 2 heterocycles. The standard InChI is InChI=1S/C12H13FN4O/c1-8(15-7-18)9-3-4-11(14-5-9)12-10(13)6-16-17(12)2/h3-8H,1-2H3,(H,15,18). The quantitative estimate of drug-likeness (QED) is 0.833. The number of carbonyl (C=O) groups is 1. The van der Waals surface area contributed by atoms with Crippen molar-refractivity contribution in [3.8, 4) is 11.4 Å². The SMILES string of the molecule is CC(NC=O)c1ccc(-c2c(F)cnn2C)nc1. The maximum Gasteiger partial charge on any atom is 0.207 e. The Bertz CT molecular complexity index is 530. The second-order valence-electron chi connectivity index (χ2n) is 3.95. The Labute approximate surface area is 104 Å². The Morgan fingerprint density at radius 2 is 2.22 bits per heavy atom. The lowest BCUT2D eigenvalue weighted by Crippen LogP contribution is -2.16. The van der Waals surface area contributed by atoms with Crippen molar-refractivity contribution in [3.05, 3.63) is 35.9 Å². The molecule has 1 N–H and O–H groups in total. The van der Waals surface area contributed by atoms with Crippen molar-refractivity contribution in [2.24, 2.45) is 7.05 Å². The van der Waals surface area contributed by atoms with Gasteiger partial charge in [-0.05, 0) is 18.6 Å². The van der Waals surface area contributed by atoms with E-state index in [9.17, 15) is 9.18 Å². The van der Waals surface area contributed by atoms with Gasteiger partial charge < -0.3 is 5.32 Å². The van der Waals surface area contributed by atoms with Gasteiger partial charge in [0.25, 0.3) is 0 Å². The highest BCUT2D eigenvalue weighted by atomic mass is 19.1. The first-order valence-corrected chi connectivity index (χ1v) is 5.47. The summed E-state index contributed by atoms with van der Waals surface area (Å²) in [6, 6.07) is 3.38. The molecule has 5 nitrogen and oxygen atoms in total. The molecule has 94 valence electrons. The van der Waals surface area contributed by atoms with Gasteiger partial charge in [0.15, 0.2) is 5.82 Å². The Kier molecular flexibility index (Phi) is 3.36. The minimum Gasteiger partial charge on any atom is -0.352 e. The van der Waals surface area contributed by atoms with Crippen molar-refractivity contribution >= 4 is 6.41 Å². The molecule has 0 aliphatic carbocycles. The maximum absolute atomic E-state index is 13.5. The predicted molar refractivity (Wildman–Crippen MR) is 64.0 cm³/mol. The van der Waals surface area contributed by atoms with E-state index in [1.165, 1.54) is 4.68 Å². The van der Waals surface area contributed by atoms with Crippen LogP contribution in [0.1, 0.15) is 18.5 Å². The van der Waals surface area contributed by atoms with Crippen molar-refractivity contribution in [2.75, 3.05) is 0 Å². The molecule has 0 aromatic carbocycles. The zero-order valence-electron chi connectivity index (χ0n) is 10.1. The molecular weight excluding hydrogens is 235 g/mol. The van der Waals surface area contributed by atoms with Gasteiger partial charge in [-0.15, -0.1) is 0 Å². The highest BCUT2D eigenvalue weighted by molar-refractivity contribution is 5.55. The minimum atomic E-state index is -0.406. The van der Waals surface area contributed by atoms with E-state index in [2.05, 4.69) is 15.4 Å². The average molecular weight is 248 g/mol. The summed E-state index contributed by atoms with van der Waals surface area (Å²) in [6.07, 6.45) is 3.41. The van der Waals surface area contributed by atoms with Gasteiger partial charge in [-0.2, -0.15) is 5.10 Å². The van der Waals surface area contributed by atoms with Crippen LogP contribution in [0.3, 0.4) is 0 Å². The molecule has 18 heavy (non-hydrogen) atoms. The fraction of sp³-hybridized carbons (Fsp3) is 0.250. The summed E-state index contributed by atoms with van der Waals surface area (Å²) in [6.45, 7) is 1.84. The molecule has 0 spiro atoms. The lowest BCUT2D eigenvalue weighted by molar-refractivity contribution is -0.110. The molecule has 2 aromatic heterocycles. The molecule has 1 amide bonds. The number of nitrogens with zero attached hydrogens (tertiary/aromatic N) is 3. The highest BCUT2D eigenvalue weighted by Gasteiger charge is 2.12. The van der Waals surface area contributed by atoms with Crippen molar-refractivity contribution < 1.29 is 9.18 Å². The average Bonchev–Trinajstić information content (AvgIpc) is 2.70. The fourth-order valence-electron chi connectivity index (χ4n) is 1.70. The van der Waals surface area contributed by atoms with Gasteiger partial charge in [-0.25, -0.2) is 4.39 Å². The van der Waals surface area contributed by atoms with E-state index < -0.39 is 5.82 Å². The summed E-state index contributed by atoms with van der Waals surface area (Å²) in [5.74, 6) is -0.406. The lowest BCUT2D eigenvalue weighted by atomic mass is 10.1. The van der Waals surface area contributed by atoms with E-state index in [1.54, 1.807) is 25.4 Å². The lowest BCUT2D eigenvalue weighted by Gasteiger charge is -2.10. The third-order valence-electron chi connectivity index (χ3n) is 2.74. The maximum atomic E-state index is 13.5. The summed E-state index contributed by atoms with van der Waals surface area (Å²) in [4.78, 5) is 14.5. The number of pyridine rings is 1. The van der Waals surface area contributed by atoms with Gasteiger partial charge in [0.1, 0.15) is 5.69 Å². The molecule has 0 saturated heterocycles. The zero-order valence-corrected chi connectivity index (χ0v) is 10.1. The summed E-state index contributed by atoms with van der Waals surface area (Å²) < 4.78 is 14.9. The Hall–Kier alpha value is -2.24. The van der Waals surface area contributed by atoms with E-state index in [0.717, 1.165) is 11.8 Å². The van der Waals surface area contributed by atoms with E-state index in [0.29, 0.717) is 17.8 Å². The monoisotopic (exact) mass is 248 g/mol. The van der Waals surface area contributed by atoms with Gasteiger partial charge >= 0.3 is 0 Å². The van der Waals surface area contributed by atoms with Gasteiger partial charge in [0, 0.05) is 13.2 Å². The Morgan fingerprint density at radius 1 is 1.44 bits per heavy atom. The second kappa shape index (κ2) is 4.95. The zero-order chi connectivity index (χ0) is 13.1. The molecule has 1 atom stereocenters. The first-order valence-electron chi connectivity index (χ1n) is 5.47. The van der Waals surface area contributed by atoms with E-state index >= 15 is 0 Å². The molecule has 0 radical (unpaired) electrons. The second-order valence-corrected chi connectivity index (χ2v) is 3.95. The number of hydrogen-bond donors (Lipinski definition) is 1. The number of aryl methyl sites for hydroxylation is 1. The van der Waals surface area contributed by atoms with Crippen molar-refractivity contribution in [2.45, 2.75) is 13.0 Å². The van der Waals surface area contributed by atoms with Gasteiger partial charge in [-0.1, -0.05) is 6.07 Å². The number of aromatic nitrogens is 3. The van der Waals surface area contributed by atoms with E-state index in [1.807, 2.05) is 6.92 Å². The van der Waals surface area contributed by atoms with Gasteiger partial charge in [-0.3, -0.25) is 14.5 Å². The molecule has 0 bridgehead atoms. The Morgan fingerprint density at radius 3 is 2.72 bits per heavy atom. The van der Waals surface area contributed by atoms with Crippen LogP contribution in [0.5, 0.6) is 0 Å². The molecule has 2 rings (SSSR count). The van der Waals surface area contributed by atoms with Crippen molar-refractivity contribution in [3.63, 3.8) is 0 Å². The molecule has 0 saturated carbocycles. The third kappa shape index (κ3) is 2.22. The van der Waals surface area contributed by atoms with Crippen LogP contribution in [0.25, 0.3) is 11.4 Å². The molecular formula is C12H13FN4O. The smallest absolute Gasteiger partial charge is 0.207 e. The van der Waals surface area contributed by atoms with Crippen LogP contribution in [0, 0.1) is 5.82 Å². The summed E-state index contributed by atoms with van der Waals surface area (Å²) >= 11 is 0. The largest absolute Gasteiger partial charge is 0.352 e. The van der Waals surface area contributed by atoms with Gasteiger partial charge in [0.05, 0.1) is 17.9 Å². The van der Waals surface area contributed by atoms with Crippen molar-refractivity contribution in [1.82, 2.24) is 20.1 Å². The van der Waals surface area contributed by atoms with Crippen LogP contribution in [-0.4, -0.2) is 21.2 Å². The predicted octanol–water partition coefficient (Wildman–Crippen LogP) is 1.43. The molecule has 0 fully saturated rings. The Balaban J connectivity index is 2.30. The summed E-state index contributed by atoms with van der Waals surface area (Å²) in [5, 5.41) is 6.45. The molecule has 2 aromatic rings. The number of rotatable bonds is 4. The number of halogens is 1. The van der Waals surface area contributed by atoms with Crippen LogP contribution >= 0.6 is 0 Å². The van der Waals surface area contributed by atoms with E-state index in [4.69, 9.17) is 0 Å². The fourth-order valence-corrected chi connectivity index (χ4v) is 1.70. The molecule has 0 aliphatic rings.